The van der Waals surface area contributed by atoms with Crippen LogP contribution in [0.5, 0.6) is 0 Å². The number of Topliss-reactive ketones (excluding diaryl/α,β-unsaturated/α-hetero) is 1. The molecular formula is C10H14O3. The second-order valence-electron chi connectivity index (χ2n) is 2.78. The number of carbonyl (C=O) groups is 2. The van der Waals surface area contributed by atoms with Crippen molar-refractivity contribution in [3.05, 3.63) is 24.3 Å². The molecule has 0 spiro atoms. The van der Waals surface area contributed by atoms with Crippen LogP contribution in [0.1, 0.15) is 13.8 Å². The molecular weight excluding hydrogens is 168 g/mol. The third-order valence-corrected chi connectivity index (χ3v) is 1.67. The van der Waals surface area contributed by atoms with Crippen LogP contribution >= 0.6 is 0 Å². The SMILES string of the molecule is C=C(/C=C\C(C)C(C)=O)C(=O)OC. The second-order valence-corrected chi connectivity index (χ2v) is 2.78. The summed E-state index contributed by atoms with van der Waals surface area (Å²) in [5, 5.41) is 0. The molecule has 0 saturated heterocycles. The lowest BCUT2D eigenvalue weighted by atomic mass is 10.1. The fourth-order valence-electron chi connectivity index (χ4n) is 0.595. The van der Waals surface area contributed by atoms with E-state index in [1.54, 1.807) is 13.0 Å². The van der Waals surface area contributed by atoms with Gasteiger partial charge in [0.15, 0.2) is 0 Å². The van der Waals surface area contributed by atoms with E-state index < -0.39 is 5.97 Å². The van der Waals surface area contributed by atoms with E-state index in [9.17, 15) is 9.59 Å². The van der Waals surface area contributed by atoms with E-state index in [-0.39, 0.29) is 17.3 Å². The highest BCUT2D eigenvalue weighted by atomic mass is 16.5. The molecule has 0 heterocycles. The first-order valence-corrected chi connectivity index (χ1v) is 3.95. The summed E-state index contributed by atoms with van der Waals surface area (Å²) in [6.45, 7) is 6.73. The van der Waals surface area contributed by atoms with Gasteiger partial charge in [0.2, 0.25) is 0 Å². The van der Waals surface area contributed by atoms with Crippen LogP contribution in [-0.2, 0) is 14.3 Å². The predicted octanol–water partition coefficient (Wildman–Crippen LogP) is 1.50. The first-order chi connectivity index (χ1) is 5.99. The number of esters is 1. The van der Waals surface area contributed by atoms with Gasteiger partial charge in [-0.1, -0.05) is 25.7 Å². The summed E-state index contributed by atoms with van der Waals surface area (Å²) in [6, 6.07) is 0. The monoisotopic (exact) mass is 182 g/mol. The van der Waals surface area contributed by atoms with E-state index in [0.29, 0.717) is 0 Å². The van der Waals surface area contributed by atoms with Crippen LogP contribution in [0, 0.1) is 5.92 Å². The van der Waals surface area contributed by atoms with Gasteiger partial charge < -0.3 is 4.74 Å². The predicted molar refractivity (Wildman–Crippen MR) is 50.1 cm³/mol. The molecule has 0 fully saturated rings. The van der Waals surface area contributed by atoms with Crippen molar-refractivity contribution in [3.8, 4) is 0 Å². The number of ketones is 1. The highest BCUT2D eigenvalue weighted by molar-refractivity contribution is 5.91. The Kier molecular flexibility index (Phi) is 4.74. The largest absolute Gasteiger partial charge is 0.465 e. The molecule has 0 aliphatic rings. The Balaban J connectivity index is 4.20. The minimum Gasteiger partial charge on any atom is -0.465 e. The number of hydrogen-bond donors (Lipinski definition) is 0. The average Bonchev–Trinajstić information content (AvgIpc) is 2.11. The minimum absolute atomic E-state index is 0.0499. The maximum Gasteiger partial charge on any atom is 0.337 e. The van der Waals surface area contributed by atoms with Gasteiger partial charge >= 0.3 is 5.97 Å². The van der Waals surface area contributed by atoms with Gasteiger partial charge in [0, 0.05) is 5.92 Å². The Bertz CT molecular complexity index is 251. The first kappa shape index (κ1) is 11.6. The van der Waals surface area contributed by atoms with Crippen molar-refractivity contribution < 1.29 is 14.3 Å². The van der Waals surface area contributed by atoms with Gasteiger partial charge in [-0.15, -0.1) is 0 Å². The molecule has 0 aliphatic heterocycles. The highest BCUT2D eigenvalue weighted by Gasteiger charge is 2.05. The van der Waals surface area contributed by atoms with Crippen LogP contribution in [0.25, 0.3) is 0 Å². The highest BCUT2D eigenvalue weighted by Crippen LogP contribution is 2.02. The first-order valence-electron chi connectivity index (χ1n) is 3.95. The average molecular weight is 182 g/mol. The summed E-state index contributed by atoms with van der Waals surface area (Å²) in [5.41, 5.74) is 0.246. The zero-order chi connectivity index (χ0) is 10.4. The molecule has 3 nitrogen and oxygen atoms in total. The van der Waals surface area contributed by atoms with E-state index in [1.165, 1.54) is 20.1 Å². The minimum atomic E-state index is -0.480. The van der Waals surface area contributed by atoms with Gasteiger partial charge in [-0.2, -0.15) is 0 Å². The van der Waals surface area contributed by atoms with Crippen LogP contribution < -0.4 is 0 Å². The lowest BCUT2D eigenvalue weighted by molar-refractivity contribution is -0.135. The van der Waals surface area contributed by atoms with E-state index in [1.807, 2.05) is 0 Å². The zero-order valence-corrected chi connectivity index (χ0v) is 8.16. The summed E-state index contributed by atoms with van der Waals surface area (Å²) in [4.78, 5) is 21.6. The quantitative estimate of drug-likeness (QED) is 0.376. The van der Waals surface area contributed by atoms with E-state index in [2.05, 4.69) is 11.3 Å². The standard InChI is InChI=1S/C10H14O3/c1-7(9(3)11)5-6-8(2)10(12)13-4/h5-7H,2H2,1,3-4H3/b6-5-. The van der Waals surface area contributed by atoms with Gasteiger partial charge in [-0.3, -0.25) is 4.79 Å². The third kappa shape index (κ3) is 4.25. The molecule has 3 heteroatoms. The number of ether oxygens (including phenoxy) is 1. The Hall–Kier alpha value is -1.38. The number of allylic oxidation sites excluding steroid dienone is 1. The molecule has 0 bridgehead atoms. The van der Waals surface area contributed by atoms with Crippen LogP contribution in [0.2, 0.25) is 0 Å². The smallest absolute Gasteiger partial charge is 0.337 e. The van der Waals surface area contributed by atoms with Crippen molar-refractivity contribution in [2.45, 2.75) is 13.8 Å². The maximum absolute atomic E-state index is 10.8. The Morgan fingerprint density at radius 3 is 2.38 bits per heavy atom. The summed E-state index contributed by atoms with van der Waals surface area (Å²) in [5.74, 6) is -0.623. The normalized spacial score (nSPS) is 12.5. The van der Waals surface area contributed by atoms with Crippen LogP contribution in [0.15, 0.2) is 24.3 Å². The molecule has 0 N–H and O–H groups in total. The molecule has 0 saturated carbocycles. The maximum atomic E-state index is 10.8. The lowest BCUT2D eigenvalue weighted by Gasteiger charge is -2.00. The summed E-state index contributed by atoms with van der Waals surface area (Å²) >= 11 is 0. The fourth-order valence-corrected chi connectivity index (χ4v) is 0.595. The van der Waals surface area contributed by atoms with E-state index >= 15 is 0 Å². The molecule has 13 heavy (non-hydrogen) atoms. The van der Waals surface area contributed by atoms with Crippen molar-refractivity contribution in [2.75, 3.05) is 7.11 Å². The summed E-state index contributed by atoms with van der Waals surface area (Å²) < 4.78 is 4.43. The number of carbonyl (C=O) groups excluding carboxylic acids is 2. The summed E-state index contributed by atoms with van der Waals surface area (Å²) in [6.07, 6.45) is 3.12. The van der Waals surface area contributed by atoms with Crippen LogP contribution in [0.3, 0.4) is 0 Å². The van der Waals surface area contributed by atoms with Gasteiger partial charge in [0.25, 0.3) is 0 Å². The molecule has 0 aliphatic carbocycles. The summed E-state index contributed by atoms with van der Waals surface area (Å²) in [7, 11) is 1.29. The molecule has 0 radical (unpaired) electrons. The van der Waals surface area contributed by atoms with Crippen molar-refractivity contribution in [1.29, 1.82) is 0 Å². The molecule has 0 aromatic rings. The van der Waals surface area contributed by atoms with Gasteiger partial charge in [0.1, 0.15) is 5.78 Å². The Labute approximate surface area is 78.1 Å². The number of hydrogen-bond acceptors (Lipinski definition) is 3. The molecule has 1 atom stereocenters. The Morgan fingerprint density at radius 2 is 2.00 bits per heavy atom. The Morgan fingerprint density at radius 1 is 1.46 bits per heavy atom. The second kappa shape index (κ2) is 5.30. The molecule has 72 valence electrons. The van der Waals surface area contributed by atoms with Gasteiger partial charge in [-0.05, 0) is 6.92 Å². The van der Waals surface area contributed by atoms with E-state index in [0.717, 1.165) is 0 Å². The van der Waals surface area contributed by atoms with Crippen molar-refractivity contribution in [2.24, 2.45) is 5.92 Å². The lowest BCUT2D eigenvalue weighted by Crippen LogP contribution is -2.04. The molecule has 0 aromatic heterocycles. The van der Waals surface area contributed by atoms with E-state index in [4.69, 9.17) is 0 Å². The number of methoxy groups -OCH3 is 1. The topological polar surface area (TPSA) is 43.4 Å². The molecule has 1 unspecified atom stereocenters. The fraction of sp³-hybridized carbons (Fsp3) is 0.400. The van der Waals surface area contributed by atoms with Crippen LogP contribution in [0.4, 0.5) is 0 Å². The van der Waals surface area contributed by atoms with Gasteiger partial charge in [-0.25, -0.2) is 4.79 Å². The van der Waals surface area contributed by atoms with Crippen molar-refractivity contribution in [3.63, 3.8) is 0 Å². The van der Waals surface area contributed by atoms with Crippen molar-refractivity contribution in [1.82, 2.24) is 0 Å². The van der Waals surface area contributed by atoms with Gasteiger partial charge in [0.05, 0.1) is 12.7 Å². The zero-order valence-electron chi connectivity index (χ0n) is 8.16. The molecule has 0 amide bonds. The van der Waals surface area contributed by atoms with Crippen molar-refractivity contribution >= 4 is 11.8 Å². The molecule has 0 rings (SSSR count). The third-order valence-electron chi connectivity index (χ3n) is 1.67. The number of rotatable bonds is 4. The van der Waals surface area contributed by atoms with Crippen LogP contribution in [-0.4, -0.2) is 18.9 Å². The molecule has 0 aromatic carbocycles.